The van der Waals surface area contributed by atoms with Gasteiger partial charge in [0.1, 0.15) is 5.82 Å². The maximum absolute atomic E-state index is 13.9. The zero-order valence-electron chi connectivity index (χ0n) is 13.1. The quantitative estimate of drug-likeness (QED) is 0.800. The minimum absolute atomic E-state index is 0.0182. The number of carbonyl (C=O) groups excluding carboxylic acids is 1. The fourth-order valence-corrected chi connectivity index (χ4v) is 2.98. The molecule has 3 rings (SSSR count). The predicted molar refractivity (Wildman–Crippen MR) is 82.6 cm³/mol. The van der Waals surface area contributed by atoms with Crippen molar-refractivity contribution in [1.82, 2.24) is 15.1 Å². The highest BCUT2D eigenvalue weighted by molar-refractivity contribution is 5.90. The molecule has 2 aromatic rings. The summed E-state index contributed by atoms with van der Waals surface area (Å²) in [5.41, 5.74) is -1.19. The molecule has 2 heterocycles. The molecule has 1 aliphatic heterocycles. The molecule has 1 atom stereocenters. The number of rotatable bonds is 2. The molecule has 5 nitrogen and oxygen atoms in total. The molecular formula is C16H16F4N4O. The third-order valence-corrected chi connectivity index (χ3v) is 4.22. The van der Waals surface area contributed by atoms with Gasteiger partial charge in [-0.1, -0.05) is 6.07 Å². The van der Waals surface area contributed by atoms with Crippen molar-refractivity contribution in [3.63, 3.8) is 0 Å². The summed E-state index contributed by atoms with van der Waals surface area (Å²) >= 11 is 0. The van der Waals surface area contributed by atoms with Crippen molar-refractivity contribution in [2.24, 2.45) is 0 Å². The number of carbonyl (C=O) groups is 1. The molecule has 2 amide bonds. The van der Waals surface area contributed by atoms with Crippen LogP contribution in [-0.2, 0) is 6.18 Å². The van der Waals surface area contributed by atoms with Gasteiger partial charge >= 0.3 is 12.2 Å². The zero-order chi connectivity index (χ0) is 18.0. The minimum atomic E-state index is -4.76. The Morgan fingerprint density at radius 2 is 2.12 bits per heavy atom. The molecule has 1 unspecified atom stereocenters. The number of anilines is 1. The molecule has 1 fully saturated rings. The molecule has 25 heavy (non-hydrogen) atoms. The van der Waals surface area contributed by atoms with Crippen LogP contribution in [0, 0.1) is 5.82 Å². The molecule has 0 radical (unpaired) electrons. The van der Waals surface area contributed by atoms with Crippen LogP contribution in [-0.4, -0.2) is 34.2 Å². The van der Waals surface area contributed by atoms with Gasteiger partial charge in [-0.2, -0.15) is 18.3 Å². The second kappa shape index (κ2) is 6.73. The molecule has 0 saturated carbocycles. The molecule has 1 aromatic heterocycles. The van der Waals surface area contributed by atoms with Gasteiger partial charge in [-0.15, -0.1) is 0 Å². The number of amides is 2. The summed E-state index contributed by atoms with van der Waals surface area (Å²) < 4.78 is 52.9. The van der Waals surface area contributed by atoms with Gasteiger partial charge in [-0.25, -0.2) is 9.18 Å². The molecule has 2 N–H and O–H groups in total. The number of nitrogens with one attached hydrogen (secondary N) is 2. The van der Waals surface area contributed by atoms with Crippen molar-refractivity contribution in [3.8, 4) is 0 Å². The van der Waals surface area contributed by atoms with Gasteiger partial charge in [0.05, 0.1) is 11.3 Å². The number of alkyl halides is 3. The number of hydrogen-bond donors (Lipinski definition) is 2. The largest absolute Gasteiger partial charge is 0.418 e. The monoisotopic (exact) mass is 356 g/mol. The lowest BCUT2D eigenvalue weighted by atomic mass is 9.95. The Balaban J connectivity index is 1.77. The highest BCUT2D eigenvalue weighted by atomic mass is 19.4. The first-order chi connectivity index (χ1) is 11.9. The Hall–Kier alpha value is -2.58. The van der Waals surface area contributed by atoms with Crippen LogP contribution in [0.2, 0.25) is 0 Å². The number of benzene rings is 1. The number of piperidine rings is 1. The Kier molecular flexibility index (Phi) is 4.65. The van der Waals surface area contributed by atoms with Gasteiger partial charge in [0.2, 0.25) is 0 Å². The average Bonchev–Trinajstić information content (AvgIpc) is 3.10. The third kappa shape index (κ3) is 3.75. The van der Waals surface area contributed by atoms with E-state index < -0.39 is 29.3 Å². The number of aromatic nitrogens is 2. The highest BCUT2D eigenvalue weighted by Crippen LogP contribution is 2.36. The standard InChI is InChI=1S/C16H16F4N4O/c17-12-5-1-4-11(16(18,19)20)14(12)22-15(25)24-8-2-3-10(9-24)13-6-7-21-23-13/h1,4-7,10H,2-3,8-9H2,(H,21,23)(H,22,25). The van der Waals surface area contributed by atoms with Gasteiger partial charge < -0.3 is 10.2 Å². The Labute approximate surface area is 141 Å². The number of halogens is 4. The van der Waals surface area contributed by atoms with Crippen molar-refractivity contribution in [1.29, 1.82) is 0 Å². The Morgan fingerprint density at radius 3 is 2.80 bits per heavy atom. The summed E-state index contributed by atoms with van der Waals surface area (Å²) in [6, 6.07) is 3.63. The van der Waals surface area contributed by atoms with Gasteiger partial charge in [0, 0.05) is 30.9 Å². The van der Waals surface area contributed by atoms with Gasteiger partial charge in [0.15, 0.2) is 0 Å². The van der Waals surface area contributed by atoms with E-state index in [0.717, 1.165) is 30.3 Å². The summed E-state index contributed by atoms with van der Waals surface area (Å²) in [6.07, 6.45) is -1.63. The number of aromatic amines is 1. The molecule has 9 heteroatoms. The van der Waals surface area contributed by atoms with Crippen LogP contribution < -0.4 is 5.32 Å². The van der Waals surface area contributed by atoms with Crippen molar-refractivity contribution < 1.29 is 22.4 Å². The SMILES string of the molecule is O=C(Nc1c(F)cccc1C(F)(F)F)N1CCCC(c2ccn[nH]2)C1. The van der Waals surface area contributed by atoms with E-state index >= 15 is 0 Å². The Morgan fingerprint density at radius 1 is 1.32 bits per heavy atom. The summed E-state index contributed by atoms with van der Waals surface area (Å²) in [6.45, 7) is 0.718. The molecule has 1 aromatic carbocycles. The normalized spacial score (nSPS) is 18.2. The van der Waals surface area contributed by atoms with Gasteiger partial charge in [-0.3, -0.25) is 5.10 Å². The Bertz CT molecular complexity index is 745. The van der Waals surface area contributed by atoms with Crippen molar-refractivity contribution in [2.45, 2.75) is 24.9 Å². The fraction of sp³-hybridized carbons (Fsp3) is 0.375. The lowest BCUT2D eigenvalue weighted by Gasteiger charge is -2.32. The molecule has 1 aliphatic rings. The molecule has 0 spiro atoms. The van der Waals surface area contributed by atoms with E-state index in [1.807, 2.05) is 0 Å². The van der Waals surface area contributed by atoms with E-state index in [1.54, 1.807) is 12.3 Å². The van der Waals surface area contributed by atoms with Gasteiger partial charge in [0.25, 0.3) is 0 Å². The van der Waals surface area contributed by atoms with Crippen LogP contribution in [0.15, 0.2) is 30.5 Å². The number of nitrogens with zero attached hydrogens (tertiary/aromatic N) is 2. The predicted octanol–water partition coefficient (Wildman–Crippen LogP) is 3.98. The molecule has 1 saturated heterocycles. The topological polar surface area (TPSA) is 61.0 Å². The summed E-state index contributed by atoms with van der Waals surface area (Å²) in [7, 11) is 0. The van der Waals surface area contributed by atoms with Crippen molar-refractivity contribution in [2.75, 3.05) is 18.4 Å². The van der Waals surface area contributed by atoms with Gasteiger partial charge in [-0.05, 0) is 31.0 Å². The van der Waals surface area contributed by atoms with Crippen LogP contribution in [0.4, 0.5) is 28.0 Å². The summed E-state index contributed by atoms with van der Waals surface area (Å²) in [5.74, 6) is -1.10. The molecule has 0 aliphatic carbocycles. The van der Waals surface area contributed by atoms with Crippen LogP contribution in [0.25, 0.3) is 0 Å². The molecule has 0 bridgehead atoms. The van der Waals surface area contributed by atoms with Crippen LogP contribution in [0.5, 0.6) is 0 Å². The number of likely N-dealkylation sites (tertiary alicyclic amines) is 1. The van der Waals surface area contributed by atoms with E-state index in [0.29, 0.717) is 19.5 Å². The zero-order valence-corrected chi connectivity index (χ0v) is 13.1. The maximum Gasteiger partial charge on any atom is 0.418 e. The van der Waals surface area contributed by atoms with Crippen molar-refractivity contribution >= 4 is 11.7 Å². The summed E-state index contributed by atoms with van der Waals surface area (Å²) in [5, 5.41) is 8.79. The van der Waals surface area contributed by atoms with Crippen LogP contribution >= 0.6 is 0 Å². The lowest BCUT2D eigenvalue weighted by molar-refractivity contribution is -0.137. The first-order valence-corrected chi connectivity index (χ1v) is 7.77. The fourth-order valence-electron chi connectivity index (χ4n) is 2.98. The lowest BCUT2D eigenvalue weighted by Crippen LogP contribution is -2.42. The number of para-hydroxylation sites is 1. The van der Waals surface area contributed by atoms with Crippen LogP contribution in [0.1, 0.15) is 30.0 Å². The molecular weight excluding hydrogens is 340 g/mol. The van der Waals surface area contributed by atoms with E-state index in [4.69, 9.17) is 0 Å². The van der Waals surface area contributed by atoms with E-state index in [9.17, 15) is 22.4 Å². The van der Waals surface area contributed by atoms with Crippen molar-refractivity contribution in [3.05, 3.63) is 47.5 Å². The first-order valence-electron chi connectivity index (χ1n) is 7.77. The van der Waals surface area contributed by atoms with E-state index in [2.05, 4.69) is 15.5 Å². The van der Waals surface area contributed by atoms with E-state index in [-0.39, 0.29) is 5.92 Å². The second-order valence-electron chi connectivity index (χ2n) is 5.89. The number of hydrogen-bond acceptors (Lipinski definition) is 2. The summed E-state index contributed by atoms with van der Waals surface area (Å²) in [4.78, 5) is 13.8. The molecule has 134 valence electrons. The first kappa shape index (κ1) is 17.2. The number of H-pyrrole nitrogens is 1. The third-order valence-electron chi connectivity index (χ3n) is 4.22. The minimum Gasteiger partial charge on any atom is -0.324 e. The second-order valence-corrected chi connectivity index (χ2v) is 5.89. The average molecular weight is 356 g/mol. The highest BCUT2D eigenvalue weighted by Gasteiger charge is 2.36. The maximum atomic E-state index is 13.9. The smallest absolute Gasteiger partial charge is 0.324 e. The van der Waals surface area contributed by atoms with E-state index in [1.165, 1.54) is 4.90 Å². The van der Waals surface area contributed by atoms with Crippen LogP contribution in [0.3, 0.4) is 0 Å². The number of urea groups is 1.